The van der Waals surface area contributed by atoms with Crippen LogP contribution in [-0.2, 0) is 6.42 Å². The fourth-order valence-corrected chi connectivity index (χ4v) is 2.02. The smallest absolute Gasteiger partial charge is 0.135 e. The summed E-state index contributed by atoms with van der Waals surface area (Å²) in [7, 11) is 0. The molecule has 3 nitrogen and oxygen atoms in total. The first kappa shape index (κ1) is 15.4. The Bertz CT molecular complexity index is 579. The van der Waals surface area contributed by atoms with Crippen molar-refractivity contribution in [2.24, 2.45) is 0 Å². The molecule has 0 radical (unpaired) electrons. The molecule has 0 amide bonds. The van der Waals surface area contributed by atoms with Crippen LogP contribution in [0.2, 0.25) is 0 Å². The molecule has 0 saturated carbocycles. The molecule has 4 heteroatoms. The van der Waals surface area contributed by atoms with Gasteiger partial charge in [-0.15, -0.1) is 0 Å². The number of rotatable bonds is 6. The Morgan fingerprint density at radius 2 is 1.86 bits per heavy atom. The molecule has 1 heterocycles. The normalized spacial score (nSPS) is 10.9. The quantitative estimate of drug-likeness (QED) is 0.867. The topological polar surface area (TPSA) is 37.8 Å². The molecular formula is C17H22FN3. The summed E-state index contributed by atoms with van der Waals surface area (Å²) in [5.74, 6) is 1.77. The lowest BCUT2D eigenvalue weighted by Gasteiger charge is -2.11. The highest BCUT2D eigenvalue weighted by atomic mass is 19.1. The lowest BCUT2D eigenvalue weighted by molar-refractivity contribution is 0.627. The number of benzene rings is 1. The lowest BCUT2D eigenvalue weighted by atomic mass is 10.1. The van der Waals surface area contributed by atoms with Gasteiger partial charge in [0.15, 0.2) is 0 Å². The number of nitrogens with one attached hydrogen (secondary N) is 1. The van der Waals surface area contributed by atoms with Crippen molar-refractivity contribution >= 4 is 5.82 Å². The predicted octanol–water partition coefficient (Wildman–Crippen LogP) is 4.15. The first-order valence-electron chi connectivity index (χ1n) is 7.44. The average molecular weight is 287 g/mol. The van der Waals surface area contributed by atoms with Crippen molar-refractivity contribution in [3.05, 3.63) is 53.2 Å². The van der Waals surface area contributed by atoms with Crippen LogP contribution in [-0.4, -0.2) is 16.5 Å². The maximum Gasteiger partial charge on any atom is 0.135 e. The molecule has 0 aliphatic rings. The van der Waals surface area contributed by atoms with Crippen LogP contribution in [0.15, 0.2) is 30.3 Å². The van der Waals surface area contributed by atoms with Gasteiger partial charge in [-0.3, -0.25) is 0 Å². The van der Waals surface area contributed by atoms with E-state index in [1.807, 2.05) is 6.07 Å². The summed E-state index contributed by atoms with van der Waals surface area (Å²) in [6.45, 7) is 7.25. The molecule has 0 fully saturated rings. The summed E-state index contributed by atoms with van der Waals surface area (Å²) in [6.07, 6.45) is 1.66. The first-order chi connectivity index (χ1) is 10.1. The molecule has 0 atom stereocenters. The highest BCUT2D eigenvalue weighted by Crippen LogP contribution is 2.17. The minimum absolute atomic E-state index is 0.221. The zero-order chi connectivity index (χ0) is 15.2. The number of aromatic nitrogens is 2. The summed E-state index contributed by atoms with van der Waals surface area (Å²) in [5, 5.41) is 3.31. The Labute approximate surface area is 125 Å². The maximum atomic E-state index is 13.0. The third-order valence-corrected chi connectivity index (χ3v) is 3.22. The van der Waals surface area contributed by atoms with Gasteiger partial charge in [-0.05, 0) is 30.0 Å². The van der Waals surface area contributed by atoms with E-state index in [0.717, 1.165) is 35.9 Å². The van der Waals surface area contributed by atoms with Gasteiger partial charge in [0, 0.05) is 24.7 Å². The molecule has 0 unspecified atom stereocenters. The monoisotopic (exact) mass is 287 g/mol. The van der Waals surface area contributed by atoms with Crippen molar-refractivity contribution in [2.75, 3.05) is 11.9 Å². The van der Waals surface area contributed by atoms with Gasteiger partial charge >= 0.3 is 0 Å². The molecule has 0 bridgehead atoms. The van der Waals surface area contributed by atoms with Crippen LogP contribution in [0, 0.1) is 5.82 Å². The van der Waals surface area contributed by atoms with E-state index in [1.165, 1.54) is 12.1 Å². The van der Waals surface area contributed by atoms with Crippen molar-refractivity contribution < 1.29 is 4.39 Å². The van der Waals surface area contributed by atoms with E-state index >= 15 is 0 Å². The summed E-state index contributed by atoms with van der Waals surface area (Å²) in [6, 6.07) is 8.50. The summed E-state index contributed by atoms with van der Waals surface area (Å²) < 4.78 is 13.0. The third-order valence-electron chi connectivity index (χ3n) is 3.22. The number of nitrogens with zero attached hydrogens (tertiary/aromatic N) is 2. The zero-order valence-corrected chi connectivity index (χ0v) is 12.9. The highest BCUT2D eigenvalue weighted by Gasteiger charge is 2.08. The van der Waals surface area contributed by atoms with E-state index in [9.17, 15) is 4.39 Å². The maximum absolute atomic E-state index is 13.0. The van der Waals surface area contributed by atoms with Gasteiger partial charge in [-0.2, -0.15) is 0 Å². The zero-order valence-electron chi connectivity index (χ0n) is 12.9. The Hall–Kier alpha value is -1.97. The Morgan fingerprint density at radius 1 is 1.14 bits per heavy atom. The van der Waals surface area contributed by atoms with E-state index in [4.69, 9.17) is 0 Å². The van der Waals surface area contributed by atoms with Gasteiger partial charge in [0.1, 0.15) is 17.5 Å². The van der Waals surface area contributed by atoms with Gasteiger partial charge in [0.05, 0.1) is 0 Å². The molecule has 0 spiro atoms. The van der Waals surface area contributed by atoms with Crippen molar-refractivity contribution in [3.8, 4) is 0 Å². The largest absolute Gasteiger partial charge is 0.370 e. The van der Waals surface area contributed by atoms with Crippen LogP contribution in [0.4, 0.5) is 10.2 Å². The second kappa shape index (κ2) is 7.16. The SMILES string of the molecule is CCCNc1cc(C(C)C)nc(Cc2ccc(F)cc2)n1. The van der Waals surface area contributed by atoms with Crippen LogP contribution in [0.25, 0.3) is 0 Å². The summed E-state index contributed by atoms with van der Waals surface area (Å²) in [4.78, 5) is 9.17. The Kier molecular flexibility index (Phi) is 5.26. The van der Waals surface area contributed by atoms with Crippen LogP contribution >= 0.6 is 0 Å². The van der Waals surface area contributed by atoms with E-state index in [1.54, 1.807) is 12.1 Å². The number of hydrogen-bond acceptors (Lipinski definition) is 3. The van der Waals surface area contributed by atoms with Crippen molar-refractivity contribution in [1.82, 2.24) is 9.97 Å². The first-order valence-corrected chi connectivity index (χ1v) is 7.44. The summed E-state index contributed by atoms with van der Waals surface area (Å²) in [5.41, 5.74) is 2.04. The van der Waals surface area contributed by atoms with Crippen molar-refractivity contribution in [3.63, 3.8) is 0 Å². The molecule has 0 aliphatic carbocycles. The molecule has 2 rings (SSSR count). The van der Waals surface area contributed by atoms with Crippen molar-refractivity contribution in [1.29, 1.82) is 0 Å². The lowest BCUT2D eigenvalue weighted by Crippen LogP contribution is -2.08. The van der Waals surface area contributed by atoms with Gasteiger partial charge in [0.25, 0.3) is 0 Å². The molecule has 21 heavy (non-hydrogen) atoms. The fourth-order valence-electron chi connectivity index (χ4n) is 2.02. The van der Waals surface area contributed by atoms with Gasteiger partial charge in [0.2, 0.25) is 0 Å². The number of halogens is 1. The molecule has 1 aromatic heterocycles. The van der Waals surface area contributed by atoms with Crippen LogP contribution in [0.3, 0.4) is 0 Å². The van der Waals surface area contributed by atoms with E-state index in [2.05, 4.69) is 36.1 Å². The Balaban J connectivity index is 2.24. The number of hydrogen-bond donors (Lipinski definition) is 1. The van der Waals surface area contributed by atoms with E-state index in [-0.39, 0.29) is 5.82 Å². The van der Waals surface area contributed by atoms with Crippen LogP contribution in [0.1, 0.15) is 50.2 Å². The fraction of sp³-hybridized carbons (Fsp3) is 0.412. The second-order valence-corrected chi connectivity index (χ2v) is 5.48. The third kappa shape index (κ3) is 4.52. The summed E-state index contributed by atoms with van der Waals surface area (Å²) >= 11 is 0. The van der Waals surface area contributed by atoms with E-state index < -0.39 is 0 Å². The second-order valence-electron chi connectivity index (χ2n) is 5.48. The molecule has 2 aromatic rings. The van der Waals surface area contributed by atoms with Crippen LogP contribution in [0.5, 0.6) is 0 Å². The highest BCUT2D eigenvalue weighted by molar-refractivity contribution is 5.37. The Morgan fingerprint density at radius 3 is 2.48 bits per heavy atom. The number of anilines is 1. The minimum Gasteiger partial charge on any atom is -0.370 e. The van der Waals surface area contributed by atoms with Gasteiger partial charge < -0.3 is 5.32 Å². The van der Waals surface area contributed by atoms with Gasteiger partial charge in [-0.1, -0.05) is 32.9 Å². The molecule has 0 aliphatic heterocycles. The standard InChI is InChI=1S/C17H22FN3/c1-4-9-19-16-11-15(12(2)3)20-17(21-16)10-13-5-7-14(18)8-6-13/h5-8,11-12H,4,9-10H2,1-3H3,(H,19,20,21). The molecular weight excluding hydrogens is 265 g/mol. The predicted molar refractivity (Wildman–Crippen MR) is 84.1 cm³/mol. The molecule has 1 N–H and O–H groups in total. The molecule has 0 saturated heterocycles. The van der Waals surface area contributed by atoms with Crippen LogP contribution < -0.4 is 5.32 Å². The van der Waals surface area contributed by atoms with Crippen molar-refractivity contribution in [2.45, 2.75) is 39.5 Å². The molecule has 1 aromatic carbocycles. The molecule has 112 valence electrons. The van der Waals surface area contributed by atoms with Gasteiger partial charge in [-0.25, -0.2) is 14.4 Å². The minimum atomic E-state index is -0.221. The average Bonchev–Trinajstić information content (AvgIpc) is 2.47. The van der Waals surface area contributed by atoms with E-state index in [0.29, 0.717) is 12.3 Å².